The van der Waals surface area contributed by atoms with Gasteiger partial charge in [-0.3, -0.25) is 0 Å². The molecule has 0 aliphatic heterocycles. The Morgan fingerprint density at radius 2 is 0.818 bits per heavy atom. The van der Waals surface area contributed by atoms with Crippen molar-refractivity contribution < 1.29 is 0 Å². The maximum absolute atomic E-state index is 3.39. The average Bonchev–Trinajstić information content (AvgIpc) is 2.38. The Hall–Kier alpha value is -2.22. The van der Waals surface area contributed by atoms with Crippen LogP contribution >= 0.6 is 0 Å². The maximum atomic E-state index is 3.39. The van der Waals surface area contributed by atoms with Crippen LogP contribution in [-0.4, -0.2) is 0 Å². The molecule has 2 N–H and O–H groups in total. The summed E-state index contributed by atoms with van der Waals surface area (Å²) in [4.78, 5) is 0. The Bertz CT molecular complexity index is 604. The summed E-state index contributed by atoms with van der Waals surface area (Å²) in [6.45, 7) is 12.8. The van der Waals surface area contributed by atoms with Crippen LogP contribution in [0.15, 0.2) is 36.7 Å². The van der Waals surface area contributed by atoms with Crippen molar-refractivity contribution in [1.82, 2.24) is 0 Å². The monoisotopic (exact) mass is 294 g/mol. The fourth-order valence-corrected chi connectivity index (χ4v) is 3.07. The van der Waals surface area contributed by atoms with E-state index < -0.39 is 0 Å². The van der Waals surface area contributed by atoms with Crippen LogP contribution in [0.3, 0.4) is 0 Å². The van der Waals surface area contributed by atoms with Gasteiger partial charge in [0, 0.05) is 23.8 Å². The number of benzene rings is 2. The molecule has 0 aromatic heterocycles. The van der Waals surface area contributed by atoms with Crippen molar-refractivity contribution in [2.45, 2.75) is 41.5 Å². The van der Waals surface area contributed by atoms with E-state index >= 15 is 0 Å². The number of rotatable bonds is 4. The molecular weight excluding hydrogens is 268 g/mol. The predicted molar refractivity (Wildman–Crippen MR) is 97.7 cm³/mol. The zero-order valence-corrected chi connectivity index (χ0v) is 14.5. The minimum Gasteiger partial charge on any atom is -0.360 e. The van der Waals surface area contributed by atoms with Gasteiger partial charge < -0.3 is 10.6 Å². The summed E-state index contributed by atoms with van der Waals surface area (Å²) in [5.41, 5.74) is 10.0. The lowest BCUT2D eigenvalue weighted by Gasteiger charge is -2.12. The largest absolute Gasteiger partial charge is 0.360 e. The van der Waals surface area contributed by atoms with Crippen molar-refractivity contribution in [2.24, 2.45) is 0 Å². The minimum absolute atomic E-state index is 1.18. The fraction of sp³-hybridized carbons (Fsp3) is 0.300. The zero-order valence-electron chi connectivity index (χ0n) is 14.5. The van der Waals surface area contributed by atoms with Gasteiger partial charge in [0.15, 0.2) is 0 Å². The molecule has 0 bridgehead atoms. The van der Waals surface area contributed by atoms with Crippen molar-refractivity contribution >= 4 is 11.4 Å². The maximum Gasteiger partial charge on any atom is 0.0439 e. The van der Waals surface area contributed by atoms with Gasteiger partial charge in [0.05, 0.1) is 0 Å². The number of aryl methyl sites for hydroxylation is 6. The third-order valence-electron chi connectivity index (χ3n) is 3.89. The summed E-state index contributed by atoms with van der Waals surface area (Å²) in [5, 5.41) is 6.77. The first kappa shape index (κ1) is 16.2. The molecule has 2 rings (SSSR count). The molecule has 0 heterocycles. The molecule has 2 nitrogen and oxygen atoms in total. The first-order valence-corrected chi connectivity index (χ1v) is 7.72. The lowest BCUT2D eigenvalue weighted by molar-refractivity contribution is 1.30. The van der Waals surface area contributed by atoms with Gasteiger partial charge in [0.1, 0.15) is 0 Å². The van der Waals surface area contributed by atoms with Gasteiger partial charge in [-0.25, -0.2) is 0 Å². The Balaban J connectivity index is 2.09. The van der Waals surface area contributed by atoms with E-state index in [1.807, 2.05) is 12.4 Å². The molecule has 0 unspecified atom stereocenters. The standard InChI is InChI=1S/C20H26N2/c1-13-9-15(3)19(16(4)10-13)21-7-8-22-20-17(5)11-14(2)12-18(20)6/h7-12,21-22H,1-6H3/b8-7-. The third-order valence-corrected chi connectivity index (χ3v) is 3.89. The van der Waals surface area contributed by atoms with E-state index in [-0.39, 0.29) is 0 Å². The van der Waals surface area contributed by atoms with Gasteiger partial charge in [0.25, 0.3) is 0 Å². The molecule has 0 spiro atoms. The van der Waals surface area contributed by atoms with E-state index in [1.165, 1.54) is 44.8 Å². The van der Waals surface area contributed by atoms with Crippen LogP contribution < -0.4 is 10.6 Å². The second-order valence-corrected chi connectivity index (χ2v) is 6.17. The first-order valence-electron chi connectivity index (χ1n) is 7.72. The van der Waals surface area contributed by atoms with Crippen LogP contribution in [0, 0.1) is 41.5 Å². The Morgan fingerprint density at radius 1 is 0.545 bits per heavy atom. The van der Waals surface area contributed by atoms with Gasteiger partial charge >= 0.3 is 0 Å². The Morgan fingerprint density at radius 3 is 1.09 bits per heavy atom. The summed E-state index contributed by atoms with van der Waals surface area (Å²) in [5.74, 6) is 0. The SMILES string of the molecule is Cc1cc(C)c(N/C=C\Nc2c(C)cc(C)cc2C)c(C)c1. The van der Waals surface area contributed by atoms with E-state index in [4.69, 9.17) is 0 Å². The highest BCUT2D eigenvalue weighted by Gasteiger charge is 2.03. The van der Waals surface area contributed by atoms with Gasteiger partial charge in [-0.1, -0.05) is 35.4 Å². The number of hydrogen-bond donors (Lipinski definition) is 2. The molecule has 0 aliphatic rings. The minimum atomic E-state index is 1.18. The highest BCUT2D eigenvalue weighted by molar-refractivity contribution is 5.62. The Kier molecular flexibility index (Phi) is 4.92. The van der Waals surface area contributed by atoms with E-state index in [9.17, 15) is 0 Å². The summed E-state index contributed by atoms with van der Waals surface area (Å²) in [6, 6.07) is 8.80. The third kappa shape index (κ3) is 3.70. The molecular formula is C20H26N2. The molecule has 0 atom stereocenters. The summed E-state index contributed by atoms with van der Waals surface area (Å²) < 4.78 is 0. The summed E-state index contributed by atoms with van der Waals surface area (Å²) in [7, 11) is 0. The molecule has 2 heteroatoms. The van der Waals surface area contributed by atoms with E-state index in [2.05, 4.69) is 76.4 Å². The summed E-state index contributed by atoms with van der Waals surface area (Å²) in [6.07, 6.45) is 3.92. The van der Waals surface area contributed by atoms with Crippen molar-refractivity contribution in [1.29, 1.82) is 0 Å². The van der Waals surface area contributed by atoms with E-state index in [1.54, 1.807) is 0 Å². The van der Waals surface area contributed by atoms with Crippen molar-refractivity contribution in [3.05, 3.63) is 70.0 Å². The predicted octanol–water partition coefficient (Wildman–Crippen LogP) is 5.53. The number of nitrogens with one attached hydrogen (secondary N) is 2. The van der Waals surface area contributed by atoms with Crippen LogP contribution in [0.2, 0.25) is 0 Å². The zero-order chi connectivity index (χ0) is 16.3. The topological polar surface area (TPSA) is 24.1 Å². The molecule has 2 aromatic carbocycles. The van der Waals surface area contributed by atoms with Crippen LogP contribution in [0.5, 0.6) is 0 Å². The lowest BCUT2D eigenvalue weighted by Crippen LogP contribution is -1.99. The fourth-order valence-electron chi connectivity index (χ4n) is 3.07. The van der Waals surface area contributed by atoms with Crippen LogP contribution in [0.1, 0.15) is 33.4 Å². The molecule has 2 aromatic rings. The van der Waals surface area contributed by atoms with Crippen LogP contribution in [0.4, 0.5) is 11.4 Å². The second kappa shape index (κ2) is 6.69. The molecule has 0 fully saturated rings. The molecule has 0 radical (unpaired) electrons. The molecule has 0 aliphatic carbocycles. The lowest BCUT2D eigenvalue weighted by atomic mass is 10.1. The first-order chi connectivity index (χ1) is 10.4. The van der Waals surface area contributed by atoms with Gasteiger partial charge in [-0.15, -0.1) is 0 Å². The van der Waals surface area contributed by atoms with E-state index in [0.717, 1.165) is 0 Å². The molecule has 0 saturated heterocycles. The second-order valence-electron chi connectivity index (χ2n) is 6.17. The molecule has 116 valence electrons. The van der Waals surface area contributed by atoms with Crippen LogP contribution in [0.25, 0.3) is 0 Å². The van der Waals surface area contributed by atoms with Crippen molar-refractivity contribution in [3.8, 4) is 0 Å². The smallest absolute Gasteiger partial charge is 0.0439 e. The van der Waals surface area contributed by atoms with Crippen molar-refractivity contribution in [3.63, 3.8) is 0 Å². The highest BCUT2D eigenvalue weighted by Crippen LogP contribution is 2.23. The molecule has 0 saturated carbocycles. The quantitative estimate of drug-likeness (QED) is 0.774. The van der Waals surface area contributed by atoms with E-state index in [0.29, 0.717) is 0 Å². The highest BCUT2D eigenvalue weighted by atomic mass is 14.9. The van der Waals surface area contributed by atoms with Crippen molar-refractivity contribution in [2.75, 3.05) is 10.6 Å². The Labute approximate surface area is 134 Å². The molecule has 22 heavy (non-hydrogen) atoms. The summed E-state index contributed by atoms with van der Waals surface area (Å²) >= 11 is 0. The number of hydrogen-bond acceptors (Lipinski definition) is 2. The van der Waals surface area contributed by atoms with Gasteiger partial charge in [-0.2, -0.15) is 0 Å². The molecule has 0 amide bonds. The average molecular weight is 294 g/mol. The number of anilines is 2. The van der Waals surface area contributed by atoms with Gasteiger partial charge in [-0.05, 0) is 63.8 Å². The van der Waals surface area contributed by atoms with Crippen LogP contribution in [-0.2, 0) is 0 Å². The van der Waals surface area contributed by atoms with Gasteiger partial charge in [0.2, 0.25) is 0 Å². The normalized spacial score (nSPS) is 11.0.